The van der Waals surface area contributed by atoms with Crippen LogP contribution in [0.15, 0.2) is 0 Å². The van der Waals surface area contributed by atoms with Crippen molar-refractivity contribution in [2.24, 2.45) is 5.92 Å². The van der Waals surface area contributed by atoms with Gasteiger partial charge in [0.15, 0.2) is 0 Å². The fourth-order valence-corrected chi connectivity index (χ4v) is 3.15. The molecule has 2 unspecified atom stereocenters. The highest BCUT2D eigenvalue weighted by molar-refractivity contribution is 5.57. The van der Waals surface area contributed by atoms with Gasteiger partial charge in [0.25, 0.3) is 0 Å². The van der Waals surface area contributed by atoms with Gasteiger partial charge in [-0.1, -0.05) is 19.8 Å². The van der Waals surface area contributed by atoms with Crippen LogP contribution in [-0.4, -0.2) is 23.1 Å². The summed E-state index contributed by atoms with van der Waals surface area (Å²) in [5, 5.41) is 6.92. The van der Waals surface area contributed by atoms with Gasteiger partial charge in [0.2, 0.25) is 0 Å². The van der Waals surface area contributed by atoms with Gasteiger partial charge < -0.3 is 10.6 Å². The number of hydrogen-bond acceptors (Lipinski definition) is 4. The standard InChI is InChI=1S/C16H26N4/c1-10-6-4-5-7-13(10)18-15-11(2)14(17-3)19-16(20-15)12-8-9-12/h10,12-13H,4-9H2,1-3H3,(H2,17,18,19,20). The minimum Gasteiger partial charge on any atom is -0.373 e. The van der Waals surface area contributed by atoms with E-state index in [1.807, 2.05) is 7.05 Å². The molecule has 0 aliphatic heterocycles. The molecule has 2 aliphatic carbocycles. The predicted octanol–water partition coefficient (Wildman–Crippen LogP) is 3.69. The molecule has 0 saturated heterocycles. The second-order valence-electron chi connectivity index (χ2n) is 6.44. The SMILES string of the molecule is CNc1nc(C2CC2)nc(NC2CCCCC2C)c1C. The normalized spacial score (nSPS) is 26.4. The number of rotatable bonds is 4. The lowest BCUT2D eigenvalue weighted by molar-refractivity contribution is 0.349. The Kier molecular flexibility index (Phi) is 3.81. The molecule has 110 valence electrons. The molecule has 2 aliphatic rings. The van der Waals surface area contributed by atoms with Gasteiger partial charge in [0.1, 0.15) is 17.5 Å². The van der Waals surface area contributed by atoms with Gasteiger partial charge in [-0.2, -0.15) is 0 Å². The Labute approximate surface area is 121 Å². The molecule has 0 bridgehead atoms. The van der Waals surface area contributed by atoms with Crippen molar-refractivity contribution in [3.05, 3.63) is 11.4 Å². The smallest absolute Gasteiger partial charge is 0.136 e. The number of nitrogens with one attached hydrogen (secondary N) is 2. The van der Waals surface area contributed by atoms with Crippen LogP contribution in [0.5, 0.6) is 0 Å². The van der Waals surface area contributed by atoms with Gasteiger partial charge in [-0.05, 0) is 38.5 Å². The molecule has 2 N–H and O–H groups in total. The molecule has 2 saturated carbocycles. The van der Waals surface area contributed by atoms with Crippen LogP contribution in [0.1, 0.15) is 62.8 Å². The topological polar surface area (TPSA) is 49.8 Å². The van der Waals surface area contributed by atoms with E-state index in [1.54, 1.807) is 0 Å². The summed E-state index contributed by atoms with van der Waals surface area (Å²) in [4.78, 5) is 9.47. The summed E-state index contributed by atoms with van der Waals surface area (Å²) in [5.74, 6) is 4.37. The van der Waals surface area contributed by atoms with E-state index in [4.69, 9.17) is 4.98 Å². The Morgan fingerprint density at radius 1 is 1.00 bits per heavy atom. The molecule has 1 aromatic heterocycles. The van der Waals surface area contributed by atoms with Crippen LogP contribution in [0, 0.1) is 12.8 Å². The second-order valence-corrected chi connectivity index (χ2v) is 6.44. The van der Waals surface area contributed by atoms with Crippen molar-refractivity contribution in [2.75, 3.05) is 17.7 Å². The van der Waals surface area contributed by atoms with Gasteiger partial charge in [-0.15, -0.1) is 0 Å². The first-order valence-electron chi connectivity index (χ1n) is 8.02. The average Bonchev–Trinajstić information content (AvgIpc) is 3.28. The van der Waals surface area contributed by atoms with Gasteiger partial charge in [-0.25, -0.2) is 9.97 Å². The number of nitrogens with zero attached hydrogens (tertiary/aromatic N) is 2. The van der Waals surface area contributed by atoms with E-state index in [0.717, 1.165) is 28.9 Å². The summed E-state index contributed by atoms with van der Waals surface area (Å²) in [6, 6.07) is 0.564. The largest absolute Gasteiger partial charge is 0.373 e. The second kappa shape index (κ2) is 5.58. The van der Waals surface area contributed by atoms with Crippen molar-refractivity contribution >= 4 is 11.6 Å². The van der Waals surface area contributed by atoms with E-state index in [1.165, 1.54) is 38.5 Å². The van der Waals surface area contributed by atoms with E-state index in [9.17, 15) is 0 Å². The van der Waals surface area contributed by atoms with Gasteiger partial charge >= 0.3 is 0 Å². The molecular formula is C16H26N4. The molecule has 20 heavy (non-hydrogen) atoms. The minimum atomic E-state index is 0.564. The van der Waals surface area contributed by atoms with E-state index in [0.29, 0.717) is 12.0 Å². The lowest BCUT2D eigenvalue weighted by atomic mass is 9.86. The third kappa shape index (κ3) is 2.74. The van der Waals surface area contributed by atoms with Crippen LogP contribution in [0.3, 0.4) is 0 Å². The molecule has 0 spiro atoms. The Morgan fingerprint density at radius 3 is 2.35 bits per heavy atom. The van der Waals surface area contributed by atoms with Crippen molar-refractivity contribution in [1.82, 2.24) is 9.97 Å². The highest BCUT2D eigenvalue weighted by Gasteiger charge is 2.29. The van der Waals surface area contributed by atoms with Crippen molar-refractivity contribution in [1.29, 1.82) is 0 Å². The predicted molar refractivity (Wildman–Crippen MR) is 83.3 cm³/mol. The maximum Gasteiger partial charge on any atom is 0.136 e. The van der Waals surface area contributed by atoms with Crippen LogP contribution in [0.25, 0.3) is 0 Å². The fraction of sp³-hybridized carbons (Fsp3) is 0.750. The van der Waals surface area contributed by atoms with Crippen LogP contribution >= 0.6 is 0 Å². The Balaban J connectivity index is 1.85. The van der Waals surface area contributed by atoms with Crippen LogP contribution < -0.4 is 10.6 Å². The minimum absolute atomic E-state index is 0.564. The zero-order valence-corrected chi connectivity index (χ0v) is 12.9. The third-order valence-corrected chi connectivity index (χ3v) is 4.78. The zero-order chi connectivity index (χ0) is 14.1. The highest BCUT2D eigenvalue weighted by Crippen LogP contribution is 2.40. The Bertz CT molecular complexity index is 482. The third-order valence-electron chi connectivity index (χ3n) is 4.78. The molecule has 3 rings (SSSR count). The monoisotopic (exact) mass is 274 g/mol. The number of aromatic nitrogens is 2. The van der Waals surface area contributed by atoms with Crippen LogP contribution in [0.4, 0.5) is 11.6 Å². The van der Waals surface area contributed by atoms with Crippen molar-refractivity contribution < 1.29 is 0 Å². The number of hydrogen-bond donors (Lipinski definition) is 2. The van der Waals surface area contributed by atoms with Gasteiger partial charge in [-0.3, -0.25) is 0 Å². The Hall–Kier alpha value is -1.32. The molecule has 0 amide bonds. The summed E-state index contributed by atoms with van der Waals surface area (Å²) in [6.07, 6.45) is 7.78. The molecule has 4 heteroatoms. The first-order chi connectivity index (χ1) is 9.69. The molecule has 1 aromatic rings. The molecule has 0 radical (unpaired) electrons. The molecular weight excluding hydrogens is 248 g/mol. The molecule has 4 nitrogen and oxygen atoms in total. The fourth-order valence-electron chi connectivity index (χ4n) is 3.15. The first kappa shape index (κ1) is 13.7. The Morgan fingerprint density at radius 2 is 1.70 bits per heavy atom. The maximum atomic E-state index is 4.81. The molecule has 1 heterocycles. The lowest BCUT2D eigenvalue weighted by Gasteiger charge is -2.30. The van der Waals surface area contributed by atoms with E-state index in [-0.39, 0.29) is 0 Å². The van der Waals surface area contributed by atoms with Crippen molar-refractivity contribution in [3.63, 3.8) is 0 Å². The van der Waals surface area contributed by atoms with Crippen LogP contribution in [-0.2, 0) is 0 Å². The molecule has 2 atom stereocenters. The van der Waals surface area contributed by atoms with Gasteiger partial charge in [0, 0.05) is 24.6 Å². The van der Waals surface area contributed by atoms with Gasteiger partial charge in [0.05, 0.1) is 0 Å². The zero-order valence-electron chi connectivity index (χ0n) is 12.9. The lowest BCUT2D eigenvalue weighted by Crippen LogP contribution is -2.31. The molecule has 2 fully saturated rings. The summed E-state index contributed by atoms with van der Waals surface area (Å²) < 4.78 is 0. The summed E-state index contributed by atoms with van der Waals surface area (Å²) in [7, 11) is 1.94. The van der Waals surface area contributed by atoms with Crippen LogP contribution in [0.2, 0.25) is 0 Å². The highest BCUT2D eigenvalue weighted by atomic mass is 15.1. The van der Waals surface area contributed by atoms with E-state index >= 15 is 0 Å². The number of anilines is 2. The summed E-state index contributed by atoms with van der Waals surface area (Å²) >= 11 is 0. The average molecular weight is 274 g/mol. The maximum absolute atomic E-state index is 4.81. The van der Waals surface area contributed by atoms with Crippen molar-refractivity contribution in [2.45, 2.75) is 64.3 Å². The first-order valence-corrected chi connectivity index (χ1v) is 8.02. The quantitative estimate of drug-likeness (QED) is 0.879. The van der Waals surface area contributed by atoms with E-state index < -0.39 is 0 Å². The van der Waals surface area contributed by atoms with Crippen molar-refractivity contribution in [3.8, 4) is 0 Å². The summed E-state index contributed by atoms with van der Waals surface area (Å²) in [6.45, 7) is 4.46. The molecule has 0 aromatic carbocycles. The van der Waals surface area contributed by atoms with E-state index in [2.05, 4.69) is 29.5 Å². The summed E-state index contributed by atoms with van der Waals surface area (Å²) in [5.41, 5.74) is 1.15.